The van der Waals surface area contributed by atoms with Crippen molar-refractivity contribution in [2.45, 2.75) is 65.1 Å². The highest BCUT2D eigenvalue weighted by molar-refractivity contribution is 5.81. The number of carboxylic acids is 1. The van der Waals surface area contributed by atoms with E-state index in [2.05, 4.69) is 0 Å². The minimum absolute atomic E-state index is 0.0547. The molecule has 0 aliphatic carbocycles. The summed E-state index contributed by atoms with van der Waals surface area (Å²) in [6, 6.07) is -0.812. The molecule has 0 unspecified atom stereocenters. The Morgan fingerprint density at radius 1 is 1.28 bits per heavy atom. The summed E-state index contributed by atoms with van der Waals surface area (Å²) in [5, 5.41) is 9.18. The number of likely N-dealkylation sites (tertiary alicyclic amines) is 1. The van der Waals surface area contributed by atoms with Gasteiger partial charge in [-0.25, -0.2) is 9.59 Å². The Morgan fingerprint density at radius 3 is 2.22 bits per heavy atom. The van der Waals surface area contributed by atoms with Gasteiger partial charge in [-0.3, -0.25) is 4.90 Å². The van der Waals surface area contributed by atoms with Gasteiger partial charge in [-0.05, 0) is 39.5 Å². The minimum Gasteiger partial charge on any atom is -0.480 e. The first-order chi connectivity index (χ1) is 8.13. The van der Waals surface area contributed by atoms with Gasteiger partial charge in [0.1, 0.15) is 11.6 Å². The molecule has 0 bridgehead atoms. The van der Waals surface area contributed by atoms with Crippen LogP contribution < -0.4 is 0 Å². The number of ether oxygens (including phenoxy) is 1. The third-order valence-electron chi connectivity index (χ3n) is 3.09. The molecule has 1 amide bonds. The van der Waals surface area contributed by atoms with Crippen LogP contribution >= 0.6 is 0 Å². The molecule has 1 heterocycles. The second-order valence-corrected chi connectivity index (χ2v) is 6.13. The molecule has 0 spiro atoms. The smallest absolute Gasteiger partial charge is 0.411 e. The Hall–Kier alpha value is -1.26. The molecule has 1 aliphatic rings. The Labute approximate surface area is 108 Å². The Bertz CT molecular complexity index is 332. The molecule has 2 atom stereocenters. The topological polar surface area (TPSA) is 66.8 Å². The molecule has 1 rings (SSSR count). The summed E-state index contributed by atoms with van der Waals surface area (Å²) >= 11 is 0. The van der Waals surface area contributed by atoms with Gasteiger partial charge in [0.05, 0.1) is 0 Å². The number of hydrogen-bond donors (Lipinski definition) is 1. The van der Waals surface area contributed by atoms with E-state index in [1.54, 1.807) is 20.8 Å². The van der Waals surface area contributed by atoms with Crippen molar-refractivity contribution in [1.82, 2.24) is 4.90 Å². The molecule has 0 aromatic rings. The molecule has 5 heteroatoms. The maximum Gasteiger partial charge on any atom is 0.411 e. The average Bonchev–Trinajstić information content (AvgIpc) is 2.58. The van der Waals surface area contributed by atoms with E-state index in [9.17, 15) is 14.7 Å². The summed E-state index contributed by atoms with van der Waals surface area (Å²) in [6.07, 6.45) is 0.691. The van der Waals surface area contributed by atoms with Crippen LogP contribution in [0.15, 0.2) is 0 Å². The lowest BCUT2D eigenvalue weighted by atomic mass is 10.0. The van der Waals surface area contributed by atoms with Crippen molar-refractivity contribution in [2.24, 2.45) is 5.92 Å². The molecule has 104 valence electrons. The van der Waals surface area contributed by atoms with E-state index in [0.29, 0.717) is 12.8 Å². The van der Waals surface area contributed by atoms with Gasteiger partial charge in [-0.2, -0.15) is 0 Å². The van der Waals surface area contributed by atoms with Gasteiger partial charge in [-0.1, -0.05) is 13.8 Å². The van der Waals surface area contributed by atoms with Crippen LogP contribution in [0.5, 0.6) is 0 Å². The van der Waals surface area contributed by atoms with Crippen LogP contribution in [0.3, 0.4) is 0 Å². The summed E-state index contributed by atoms with van der Waals surface area (Å²) in [5.41, 5.74) is -0.607. The molecule has 1 saturated heterocycles. The van der Waals surface area contributed by atoms with E-state index in [0.717, 1.165) is 0 Å². The maximum absolute atomic E-state index is 12.1. The number of carbonyl (C=O) groups is 2. The summed E-state index contributed by atoms with van der Waals surface area (Å²) in [7, 11) is 0. The number of carbonyl (C=O) groups excluding carboxylic acids is 1. The van der Waals surface area contributed by atoms with E-state index < -0.39 is 23.7 Å². The number of carboxylic acid groups (broad SMARTS) is 1. The average molecular weight is 257 g/mol. The monoisotopic (exact) mass is 257 g/mol. The van der Waals surface area contributed by atoms with Crippen LogP contribution in [0.2, 0.25) is 0 Å². The fourth-order valence-corrected chi connectivity index (χ4v) is 2.31. The fourth-order valence-electron chi connectivity index (χ4n) is 2.31. The van der Waals surface area contributed by atoms with Crippen molar-refractivity contribution in [2.75, 3.05) is 0 Å². The second-order valence-electron chi connectivity index (χ2n) is 6.13. The van der Waals surface area contributed by atoms with Crippen LogP contribution in [0, 0.1) is 5.92 Å². The van der Waals surface area contributed by atoms with Gasteiger partial charge < -0.3 is 9.84 Å². The second kappa shape index (κ2) is 5.16. The molecule has 0 radical (unpaired) electrons. The lowest BCUT2D eigenvalue weighted by Crippen LogP contribution is -2.48. The van der Waals surface area contributed by atoms with Gasteiger partial charge >= 0.3 is 12.1 Å². The highest BCUT2D eigenvalue weighted by Gasteiger charge is 2.43. The molecule has 18 heavy (non-hydrogen) atoms. The van der Waals surface area contributed by atoms with E-state index >= 15 is 0 Å². The van der Waals surface area contributed by atoms with Crippen molar-refractivity contribution in [1.29, 1.82) is 0 Å². The standard InChI is InChI=1S/C13H23NO4/c1-8(2)9-6-7-10(11(15)16)14(9)12(17)18-13(3,4)5/h8-10H,6-7H2,1-5H3,(H,15,16)/t9-,10-/m1/s1. The largest absolute Gasteiger partial charge is 0.480 e. The quantitative estimate of drug-likeness (QED) is 0.825. The number of aliphatic carboxylic acids is 1. The van der Waals surface area contributed by atoms with E-state index in [-0.39, 0.29) is 12.0 Å². The van der Waals surface area contributed by atoms with Crippen LogP contribution in [-0.2, 0) is 9.53 Å². The molecule has 1 fully saturated rings. The Kier molecular flexibility index (Phi) is 4.24. The minimum atomic E-state index is -0.955. The lowest BCUT2D eigenvalue weighted by molar-refractivity contribution is -0.142. The van der Waals surface area contributed by atoms with Gasteiger partial charge in [0, 0.05) is 6.04 Å². The summed E-state index contributed by atoms with van der Waals surface area (Å²) in [4.78, 5) is 24.7. The summed E-state index contributed by atoms with van der Waals surface area (Å²) in [6.45, 7) is 9.32. The van der Waals surface area contributed by atoms with Crippen molar-refractivity contribution < 1.29 is 19.4 Å². The SMILES string of the molecule is CC(C)[C@H]1CC[C@H](C(=O)O)N1C(=O)OC(C)(C)C. The molecule has 1 aliphatic heterocycles. The van der Waals surface area contributed by atoms with Gasteiger partial charge in [-0.15, -0.1) is 0 Å². The van der Waals surface area contributed by atoms with E-state index in [1.165, 1.54) is 4.90 Å². The predicted molar refractivity (Wildman–Crippen MR) is 67.4 cm³/mol. The first-order valence-corrected chi connectivity index (χ1v) is 6.37. The zero-order valence-electron chi connectivity index (χ0n) is 11.8. The summed E-state index contributed by atoms with van der Waals surface area (Å²) in [5.74, 6) is -0.731. The van der Waals surface area contributed by atoms with Crippen molar-refractivity contribution in [3.63, 3.8) is 0 Å². The van der Waals surface area contributed by atoms with Crippen LogP contribution in [0.4, 0.5) is 4.79 Å². The summed E-state index contributed by atoms with van der Waals surface area (Å²) < 4.78 is 5.31. The van der Waals surface area contributed by atoms with Crippen LogP contribution in [0.1, 0.15) is 47.5 Å². The normalized spacial score (nSPS) is 24.4. The van der Waals surface area contributed by atoms with Crippen molar-refractivity contribution in [3.05, 3.63) is 0 Å². The van der Waals surface area contributed by atoms with Gasteiger partial charge in [0.2, 0.25) is 0 Å². The number of nitrogens with zero attached hydrogens (tertiary/aromatic N) is 1. The molecule has 1 N–H and O–H groups in total. The maximum atomic E-state index is 12.1. The number of amides is 1. The molecular weight excluding hydrogens is 234 g/mol. The molecule has 5 nitrogen and oxygen atoms in total. The molecule has 0 saturated carbocycles. The third-order valence-corrected chi connectivity index (χ3v) is 3.09. The zero-order chi connectivity index (χ0) is 14.1. The first-order valence-electron chi connectivity index (χ1n) is 6.37. The molecule has 0 aromatic heterocycles. The highest BCUT2D eigenvalue weighted by atomic mass is 16.6. The van der Waals surface area contributed by atoms with Crippen molar-refractivity contribution >= 4 is 12.1 Å². The van der Waals surface area contributed by atoms with E-state index in [4.69, 9.17) is 4.74 Å². The molecule has 0 aromatic carbocycles. The number of hydrogen-bond acceptors (Lipinski definition) is 3. The first kappa shape index (κ1) is 14.8. The Balaban J connectivity index is 2.89. The fraction of sp³-hybridized carbons (Fsp3) is 0.846. The zero-order valence-corrected chi connectivity index (χ0v) is 11.8. The van der Waals surface area contributed by atoms with Crippen LogP contribution in [-0.4, -0.2) is 39.8 Å². The lowest BCUT2D eigenvalue weighted by Gasteiger charge is -2.32. The van der Waals surface area contributed by atoms with E-state index in [1.807, 2.05) is 13.8 Å². The van der Waals surface area contributed by atoms with Gasteiger partial charge in [0.15, 0.2) is 0 Å². The predicted octanol–water partition coefficient (Wildman–Crippen LogP) is 2.50. The number of rotatable bonds is 2. The highest BCUT2D eigenvalue weighted by Crippen LogP contribution is 2.30. The Morgan fingerprint density at radius 2 is 1.83 bits per heavy atom. The third kappa shape index (κ3) is 3.37. The van der Waals surface area contributed by atoms with Crippen molar-refractivity contribution in [3.8, 4) is 0 Å². The molecular formula is C13H23NO4. The van der Waals surface area contributed by atoms with Crippen LogP contribution in [0.25, 0.3) is 0 Å². The van der Waals surface area contributed by atoms with Gasteiger partial charge in [0.25, 0.3) is 0 Å².